The van der Waals surface area contributed by atoms with E-state index in [1.165, 1.54) is 17.4 Å². The third kappa shape index (κ3) is 3.23. The summed E-state index contributed by atoms with van der Waals surface area (Å²) in [6.45, 7) is -0.308. The molecule has 0 bridgehead atoms. The number of benzene rings is 1. The highest BCUT2D eigenvalue weighted by molar-refractivity contribution is 7.10. The largest absolute Gasteiger partial charge is 0.395 e. The van der Waals surface area contributed by atoms with Crippen LogP contribution in [0.25, 0.3) is 0 Å². The van der Waals surface area contributed by atoms with Crippen molar-refractivity contribution in [3.05, 3.63) is 64.0 Å². The molecule has 1 aliphatic rings. The zero-order valence-electron chi connectivity index (χ0n) is 12.7. The second-order valence-corrected chi connectivity index (χ2v) is 6.22. The van der Waals surface area contributed by atoms with Gasteiger partial charge in [0.05, 0.1) is 13.2 Å². The summed E-state index contributed by atoms with van der Waals surface area (Å²) in [5, 5.41) is 24.1. The summed E-state index contributed by atoms with van der Waals surface area (Å²) in [6.07, 6.45) is 0.466. The maximum Gasteiger partial charge on any atom is 0.277 e. The van der Waals surface area contributed by atoms with Gasteiger partial charge in [-0.2, -0.15) is 0 Å². The number of aliphatic hydroxyl groups is 2. The van der Waals surface area contributed by atoms with Gasteiger partial charge >= 0.3 is 0 Å². The molecule has 3 N–H and O–H groups in total. The van der Waals surface area contributed by atoms with Crippen molar-refractivity contribution in [1.29, 1.82) is 0 Å². The molecule has 1 unspecified atom stereocenters. The van der Waals surface area contributed by atoms with E-state index in [1.54, 1.807) is 24.3 Å². The molecule has 0 spiro atoms. The van der Waals surface area contributed by atoms with Gasteiger partial charge in [-0.15, -0.1) is 11.3 Å². The zero-order chi connectivity index (χ0) is 17.1. The molecular formula is C17H16N2O4S. The first-order valence-corrected chi connectivity index (χ1v) is 8.25. The minimum Gasteiger partial charge on any atom is -0.395 e. The van der Waals surface area contributed by atoms with Gasteiger partial charge in [0.15, 0.2) is 0 Å². The number of thiophene rings is 1. The molecule has 2 amide bonds. The number of anilines is 1. The van der Waals surface area contributed by atoms with Gasteiger partial charge in [-0.05, 0) is 29.1 Å². The standard InChI is InChI=1S/C17H16N2O4S/c20-7-6-19-15(21)10-13(17(19)23)18-12-4-1-3-11(9-12)16(22)14-5-2-8-24-14/h1-5,8-10,16,18,20,22H,6-7H2. The summed E-state index contributed by atoms with van der Waals surface area (Å²) < 4.78 is 0. The SMILES string of the molecule is O=C1C=C(Nc2cccc(C(O)c3cccs3)c2)C(=O)N1CCO. The fourth-order valence-corrected chi connectivity index (χ4v) is 3.20. The van der Waals surface area contributed by atoms with Crippen molar-refractivity contribution in [3.8, 4) is 0 Å². The van der Waals surface area contributed by atoms with Crippen LogP contribution < -0.4 is 5.32 Å². The number of β-amino-alcohol motifs (C(OH)–C–C–N with tert-alkyl or cyclic N) is 1. The lowest BCUT2D eigenvalue weighted by Crippen LogP contribution is -2.34. The lowest BCUT2D eigenvalue weighted by molar-refractivity contribution is -0.137. The predicted octanol–water partition coefficient (Wildman–Crippen LogP) is 1.49. The van der Waals surface area contributed by atoms with E-state index in [0.29, 0.717) is 11.3 Å². The first-order valence-electron chi connectivity index (χ1n) is 7.37. The molecule has 2 aromatic rings. The van der Waals surface area contributed by atoms with Crippen molar-refractivity contribution >= 4 is 28.8 Å². The fourth-order valence-electron chi connectivity index (χ4n) is 2.46. The maximum atomic E-state index is 12.1. The van der Waals surface area contributed by atoms with Crippen molar-refractivity contribution in [1.82, 2.24) is 4.90 Å². The van der Waals surface area contributed by atoms with Crippen LogP contribution in [0, 0.1) is 0 Å². The molecule has 0 fully saturated rings. The van der Waals surface area contributed by atoms with Gasteiger partial charge in [-0.25, -0.2) is 0 Å². The molecule has 7 heteroatoms. The van der Waals surface area contributed by atoms with Crippen LogP contribution in [0.1, 0.15) is 16.5 Å². The van der Waals surface area contributed by atoms with E-state index in [-0.39, 0.29) is 18.8 Å². The first-order chi connectivity index (χ1) is 11.6. The molecule has 2 heterocycles. The number of hydrogen-bond acceptors (Lipinski definition) is 6. The molecule has 0 aliphatic carbocycles. The Kier molecular flexibility index (Phi) is 4.75. The quantitative estimate of drug-likeness (QED) is 0.691. The van der Waals surface area contributed by atoms with Gasteiger partial charge in [0.2, 0.25) is 0 Å². The molecule has 24 heavy (non-hydrogen) atoms. The Balaban J connectivity index is 1.77. The van der Waals surface area contributed by atoms with E-state index in [0.717, 1.165) is 9.78 Å². The number of amides is 2. The van der Waals surface area contributed by atoms with Gasteiger partial charge in [0.25, 0.3) is 11.8 Å². The monoisotopic (exact) mass is 344 g/mol. The third-order valence-electron chi connectivity index (χ3n) is 3.63. The second kappa shape index (κ2) is 6.96. The van der Waals surface area contributed by atoms with Crippen molar-refractivity contribution in [2.45, 2.75) is 6.10 Å². The minimum atomic E-state index is -0.743. The van der Waals surface area contributed by atoms with Crippen LogP contribution >= 0.6 is 11.3 Å². The number of carbonyl (C=O) groups excluding carboxylic acids is 2. The van der Waals surface area contributed by atoms with Crippen LogP contribution in [0.5, 0.6) is 0 Å². The highest BCUT2D eigenvalue weighted by Gasteiger charge is 2.30. The lowest BCUT2D eigenvalue weighted by atomic mass is 10.1. The van der Waals surface area contributed by atoms with Crippen molar-refractivity contribution < 1.29 is 19.8 Å². The van der Waals surface area contributed by atoms with Gasteiger partial charge in [-0.3, -0.25) is 14.5 Å². The summed E-state index contributed by atoms with van der Waals surface area (Å²) in [7, 11) is 0. The van der Waals surface area contributed by atoms with E-state index in [4.69, 9.17) is 5.11 Å². The number of carbonyl (C=O) groups is 2. The summed E-state index contributed by atoms with van der Waals surface area (Å²) in [6, 6.07) is 10.8. The molecule has 124 valence electrons. The highest BCUT2D eigenvalue weighted by Crippen LogP contribution is 2.28. The van der Waals surface area contributed by atoms with Gasteiger partial charge in [0.1, 0.15) is 11.8 Å². The molecular weight excluding hydrogens is 328 g/mol. The molecule has 0 saturated carbocycles. The van der Waals surface area contributed by atoms with E-state index in [2.05, 4.69) is 5.32 Å². The summed E-state index contributed by atoms with van der Waals surface area (Å²) >= 11 is 1.46. The smallest absolute Gasteiger partial charge is 0.277 e. The molecule has 0 saturated heterocycles. The molecule has 1 aliphatic heterocycles. The topological polar surface area (TPSA) is 89.9 Å². The Morgan fingerprint density at radius 3 is 2.75 bits per heavy atom. The van der Waals surface area contributed by atoms with Gasteiger partial charge in [-0.1, -0.05) is 18.2 Å². The average Bonchev–Trinajstić information content (AvgIpc) is 3.20. The Bertz CT molecular complexity index is 786. The van der Waals surface area contributed by atoms with Gasteiger partial charge in [0, 0.05) is 16.6 Å². The van der Waals surface area contributed by atoms with Gasteiger partial charge < -0.3 is 15.5 Å². The number of aliphatic hydroxyl groups excluding tert-OH is 2. The third-order valence-corrected chi connectivity index (χ3v) is 4.55. The Morgan fingerprint density at radius 1 is 1.21 bits per heavy atom. The van der Waals surface area contributed by atoms with Crippen molar-refractivity contribution in [3.63, 3.8) is 0 Å². The molecule has 6 nitrogen and oxygen atoms in total. The van der Waals surface area contributed by atoms with E-state index in [1.807, 2.05) is 17.5 Å². The lowest BCUT2D eigenvalue weighted by Gasteiger charge is -2.14. The van der Waals surface area contributed by atoms with Crippen molar-refractivity contribution in [2.24, 2.45) is 0 Å². The predicted molar refractivity (Wildman–Crippen MR) is 90.3 cm³/mol. The van der Waals surface area contributed by atoms with Crippen LogP contribution in [0.2, 0.25) is 0 Å². The number of hydrogen-bond donors (Lipinski definition) is 3. The minimum absolute atomic E-state index is 0.0313. The molecule has 1 aromatic heterocycles. The van der Waals surface area contributed by atoms with E-state index < -0.39 is 17.9 Å². The van der Waals surface area contributed by atoms with Crippen LogP contribution in [0.15, 0.2) is 53.6 Å². The summed E-state index contributed by atoms with van der Waals surface area (Å²) in [5.41, 5.74) is 1.43. The normalized spacial score (nSPS) is 15.6. The molecule has 3 rings (SSSR count). The highest BCUT2D eigenvalue weighted by atomic mass is 32.1. The second-order valence-electron chi connectivity index (χ2n) is 5.25. The fraction of sp³-hybridized carbons (Fsp3) is 0.176. The van der Waals surface area contributed by atoms with Crippen LogP contribution in [0.3, 0.4) is 0 Å². The summed E-state index contributed by atoms with van der Waals surface area (Å²) in [4.78, 5) is 25.7. The van der Waals surface area contributed by atoms with Crippen LogP contribution in [-0.2, 0) is 9.59 Å². The Labute approximate surface area is 142 Å². The van der Waals surface area contributed by atoms with E-state index >= 15 is 0 Å². The molecule has 0 radical (unpaired) electrons. The Morgan fingerprint density at radius 2 is 2.04 bits per heavy atom. The summed E-state index contributed by atoms with van der Waals surface area (Å²) in [5.74, 6) is -0.926. The maximum absolute atomic E-state index is 12.1. The number of nitrogens with zero attached hydrogens (tertiary/aromatic N) is 1. The first kappa shape index (κ1) is 16.4. The van der Waals surface area contributed by atoms with Crippen LogP contribution in [0.4, 0.5) is 5.69 Å². The number of imide groups is 1. The Hall–Kier alpha value is -2.48. The number of rotatable bonds is 6. The molecule has 1 aromatic carbocycles. The number of nitrogens with one attached hydrogen (secondary N) is 1. The van der Waals surface area contributed by atoms with E-state index in [9.17, 15) is 14.7 Å². The van der Waals surface area contributed by atoms with Crippen molar-refractivity contribution in [2.75, 3.05) is 18.5 Å². The van der Waals surface area contributed by atoms with Crippen LogP contribution in [-0.4, -0.2) is 40.1 Å². The molecule has 1 atom stereocenters. The average molecular weight is 344 g/mol. The zero-order valence-corrected chi connectivity index (χ0v) is 13.5.